The number of carbonyl (C=O) groups is 1. The summed E-state index contributed by atoms with van der Waals surface area (Å²) in [6.07, 6.45) is 4.96. The number of esters is 1. The van der Waals surface area contributed by atoms with Gasteiger partial charge in [-0.3, -0.25) is 9.59 Å². The van der Waals surface area contributed by atoms with Gasteiger partial charge in [0.15, 0.2) is 0 Å². The van der Waals surface area contributed by atoms with E-state index < -0.39 is 6.10 Å². The highest BCUT2D eigenvalue weighted by atomic mass is 16.5. The normalized spacial score (nSPS) is 13.1. The van der Waals surface area contributed by atoms with Crippen molar-refractivity contribution < 1.29 is 9.53 Å². The van der Waals surface area contributed by atoms with Crippen LogP contribution in [0.5, 0.6) is 0 Å². The maximum atomic E-state index is 13.2. The van der Waals surface area contributed by atoms with Crippen molar-refractivity contribution in [2.45, 2.75) is 39.5 Å². The summed E-state index contributed by atoms with van der Waals surface area (Å²) in [4.78, 5) is 34.4. The predicted molar refractivity (Wildman–Crippen MR) is 117 cm³/mol. The lowest BCUT2D eigenvalue weighted by Gasteiger charge is -2.20. The summed E-state index contributed by atoms with van der Waals surface area (Å²) in [6, 6.07) is 12.0. The van der Waals surface area contributed by atoms with Crippen molar-refractivity contribution in [1.29, 1.82) is 0 Å². The van der Waals surface area contributed by atoms with Crippen molar-refractivity contribution in [3.05, 3.63) is 82.2 Å². The molecule has 0 aliphatic carbocycles. The number of aromatic nitrogens is 4. The zero-order valence-electron chi connectivity index (χ0n) is 17.4. The Bertz CT molecular complexity index is 1360. The van der Waals surface area contributed by atoms with Gasteiger partial charge in [-0.05, 0) is 31.5 Å². The van der Waals surface area contributed by atoms with Crippen LogP contribution in [-0.4, -0.2) is 25.1 Å². The molecule has 0 bridgehead atoms. The number of hydrogen-bond acceptors (Lipinski definition) is 5. The fourth-order valence-corrected chi connectivity index (χ4v) is 4.22. The molecular weight excluding hydrogens is 392 g/mol. The van der Waals surface area contributed by atoms with E-state index in [9.17, 15) is 9.59 Å². The largest absolute Gasteiger partial charge is 0.456 e. The van der Waals surface area contributed by atoms with Gasteiger partial charge in [-0.2, -0.15) is 0 Å². The van der Waals surface area contributed by atoms with Gasteiger partial charge in [0.25, 0.3) is 5.56 Å². The topological polar surface area (TPSA) is 79.0 Å². The highest BCUT2D eigenvalue weighted by molar-refractivity contribution is 5.84. The maximum Gasteiger partial charge on any atom is 0.326 e. The fraction of sp³-hybridized carbons (Fsp3) is 0.250. The quantitative estimate of drug-likeness (QED) is 0.411. The lowest BCUT2D eigenvalue weighted by molar-refractivity contribution is -0.150. The Balaban J connectivity index is 1.54. The van der Waals surface area contributed by atoms with Crippen molar-refractivity contribution in [2.75, 3.05) is 0 Å². The first kappa shape index (κ1) is 19.2. The molecule has 1 aromatic carbocycles. The van der Waals surface area contributed by atoms with E-state index in [1.165, 1.54) is 0 Å². The molecular formula is C24H22N4O3. The third kappa shape index (κ3) is 3.32. The van der Waals surface area contributed by atoms with Gasteiger partial charge in [0.2, 0.25) is 0 Å². The smallest absolute Gasteiger partial charge is 0.326 e. The van der Waals surface area contributed by atoms with Gasteiger partial charge >= 0.3 is 5.97 Å². The first-order chi connectivity index (χ1) is 15.0. The van der Waals surface area contributed by atoms with Crippen molar-refractivity contribution >= 4 is 16.9 Å². The van der Waals surface area contributed by atoms with Crippen LogP contribution in [0, 0.1) is 6.92 Å². The van der Waals surface area contributed by atoms with Crippen LogP contribution >= 0.6 is 0 Å². The second-order valence-corrected chi connectivity index (χ2v) is 7.81. The molecule has 3 aromatic heterocycles. The zero-order valence-corrected chi connectivity index (χ0v) is 17.4. The van der Waals surface area contributed by atoms with E-state index in [2.05, 4.69) is 11.1 Å². The van der Waals surface area contributed by atoms with Crippen LogP contribution in [0.25, 0.3) is 22.3 Å². The molecule has 0 radical (unpaired) electrons. The van der Waals surface area contributed by atoms with Crippen LogP contribution in [0.3, 0.4) is 0 Å². The van der Waals surface area contributed by atoms with Gasteiger partial charge in [0.1, 0.15) is 12.6 Å². The number of fused-ring (bicyclic) bond motifs is 4. The molecule has 0 fully saturated rings. The Labute approximate surface area is 179 Å². The zero-order chi connectivity index (χ0) is 21.5. The molecule has 1 atom stereocenters. The van der Waals surface area contributed by atoms with Crippen LogP contribution in [0.1, 0.15) is 36.1 Å². The molecule has 4 aromatic rings. The Morgan fingerprint density at radius 2 is 2.10 bits per heavy atom. The van der Waals surface area contributed by atoms with Crippen LogP contribution in [0.4, 0.5) is 0 Å². The summed E-state index contributed by atoms with van der Waals surface area (Å²) in [5.74, 6) is -0.366. The summed E-state index contributed by atoms with van der Waals surface area (Å²) in [5, 5.41) is 1.05. The number of para-hydroxylation sites is 1. The molecule has 1 aliphatic rings. The number of carbonyl (C=O) groups excluding carboxylic acids is 1. The second-order valence-electron chi connectivity index (χ2n) is 7.81. The summed E-state index contributed by atoms with van der Waals surface area (Å²) < 4.78 is 9.17. The Kier molecular flexibility index (Phi) is 4.66. The van der Waals surface area contributed by atoms with E-state index in [1.54, 1.807) is 34.8 Å². The minimum absolute atomic E-state index is 0.0707. The van der Waals surface area contributed by atoms with Gasteiger partial charge in [0, 0.05) is 34.5 Å². The Morgan fingerprint density at radius 1 is 1.26 bits per heavy atom. The molecule has 1 aliphatic heterocycles. The third-order valence-electron chi connectivity index (χ3n) is 5.82. The molecule has 5 rings (SSSR count). The Morgan fingerprint density at radius 3 is 2.87 bits per heavy atom. The highest BCUT2D eigenvalue weighted by Crippen LogP contribution is 2.34. The van der Waals surface area contributed by atoms with Crippen LogP contribution < -0.4 is 5.56 Å². The first-order valence-corrected chi connectivity index (χ1v) is 10.3. The molecule has 0 N–H and O–H groups in total. The molecule has 1 unspecified atom stereocenters. The first-order valence-electron chi connectivity index (χ1n) is 10.3. The van der Waals surface area contributed by atoms with Crippen molar-refractivity contribution in [3.8, 4) is 11.4 Å². The van der Waals surface area contributed by atoms with E-state index in [4.69, 9.17) is 9.72 Å². The number of hydrogen-bond donors (Lipinski definition) is 0. The van der Waals surface area contributed by atoms with E-state index in [1.807, 2.05) is 37.3 Å². The van der Waals surface area contributed by atoms with Crippen LogP contribution in [0.15, 0.2) is 59.9 Å². The summed E-state index contributed by atoms with van der Waals surface area (Å²) in [6.45, 7) is 4.32. The van der Waals surface area contributed by atoms with Gasteiger partial charge in [0.05, 0.1) is 29.8 Å². The molecule has 156 valence electrons. The number of benzene rings is 1. The minimum atomic E-state index is -0.501. The van der Waals surface area contributed by atoms with E-state index in [0.29, 0.717) is 18.5 Å². The summed E-state index contributed by atoms with van der Waals surface area (Å²) in [5.41, 5.74) is 4.77. The van der Waals surface area contributed by atoms with Crippen molar-refractivity contribution in [3.63, 3.8) is 0 Å². The average molecular weight is 414 g/mol. The molecule has 0 saturated carbocycles. The molecule has 0 saturated heterocycles. The lowest BCUT2D eigenvalue weighted by Crippen LogP contribution is -2.25. The molecule has 7 nitrogen and oxygen atoms in total. The van der Waals surface area contributed by atoms with Crippen LogP contribution in [-0.2, 0) is 22.6 Å². The Hall–Kier alpha value is -3.74. The third-order valence-corrected chi connectivity index (χ3v) is 5.82. The van der Waals surface area contributed by atoms with Gasteiger partial charge in [-0.1, -0.05) is 25.1 Å². The summed E-state index contributed by atoms with van der Waals surface area (Å²) >= 11 is 0. The minimum Gasteiger partial charge on any atom is -0.456 e. The molecule has 0 spiro atoms. The van der Waals surface area contributed by atoms with Gasteiger partial charge < -0.3 is 13.9 Å². The molecule has 4 heterocycles. The summed E-state index contributed by atoms with van der Waals surface area (Å²) in [7, 11) is 0. The van der Waals surface area contributed by atoms with E-state index >= 15 is 0 Å². The fourth-order valence-electron chi connectivity index (χ4n) is 4.22. The van der Waals surface area contributed by atoms with Crippen LogP contribution in [0.2, 0.25) is 0 Å². The van der Waals surface area contributed by atoms with Crippen molar-refractivity contribution in [1.82, 2.24) is 19.1 Å². The number of rotatable bonds is 5. The van der Waals surface area contributed by atoms with Gasteiger partial charge in [-0.25, -0.2) is 9.97 Å². The monoisotopic (exact) mass is 414 g/mol. The average Bonchev–Trinajstić information content (AvgIpc) is 3.40. The number of imidazole rings is 1. The maximum absolute atomic E-state index is 13.2. The second kappa shape index (κ2) is 7.50. The number of nitrogens with zero attached hydrogens (tertiary/aromatic N) is 4. The standard InChI is InChI=1S/C24H22N4O3/c1-3-21(31-22(29)13-27-9-8-25-14-27)18-11-20-23-17(12-28(20)24(30)15(18)2)10-16-6-4-5-7-19(16)26-23/h4-11,14,21H,3,12-13H2,1-2H3. The van der Waals surface area contributed by atoms with E-state index in [0.717, 1.165) is 33.4 Å². The highest BCUT2D eigenvalue weighted by Gasteiger charge is 2.27. The van der Waals surface area contributed by atoms with Crippen molar-refractivity contribution in [2.24, 2.45) is 0 Å². The lowest BCUT2D eigenvalue weighted by atomic mass is 10.0. The predicted octanol–water partition coefficient (Wildman–Crippen LogP) is 3.62. The molecule has 0 amide bonds. The number of pyridine rings is 2. The molecule has 7 heteroatoms. The molecule has 31 heavy (non-hydrogen) atoms. The number of ether oxygens (including phenoxy) is 1. The van der Waals surface area contributed by atoms with Gasteiger partial charge in [-0.15, -0.1) is 0 Å². The van der Waals surface area contributed by atoms with E-state index in [-0.39, 0.29) is 18.1 Å². The SMILES string of the molecule is CCC(OC(=O)Cn1ccnc1)c1cc2n(c(=O)c1C)Cc1cc3ccccc3nc1-2.